The minimum absolute atomic E-state index is 0.0109. The van der Waals surface area contributed by atoms with Gasteiger partial charge in [0.25, 0.3) is 0 Å². The Bertz CT molecular complexity index is 494. The second-order valence-electron chi connectivity index (χ2n) is 8.06. The summed E-state index contributed by atoms with van der Waals surface area (Å²) < 4.78 is 5.13. The average Bonchev–Trinajstić information content (AvgIpc) is 2.54. The molecule has 150 valence electrons. The zero-order valence-corrected chi connectivity index (χ0v) is 16.3. The predicted octanol–water partition coefficient (Wildman–Crippen LogP) is 2.28. The number of hydrogen-bond donors (Lipinski definition) is 2. The number of carboxylic acid groups (broad SMARTS) is 2. The Morgan fingerprint density at radius 1 is 0.923 bits per heavy atom. The van der Waals surface area contributed by atoms with Gasteiger partial charge in [-0.2, -0.15) is 0 Å². The number of carboxylic acids is 2. The number of carbonyl (C=O) groups is 3. The number of rotatable bonds is 2. The van der Waals surface area contributed by atoms with Gasteiger partial charge < -0.3 is 24.7 Å². The van der Waals surface area contributed by atoms with Crippen LogP contribution in [0.25, 0.3) is 0 Å². The van der Waals surface area contributed by atoms with Crippen molar-refractivity contribution in [3.63, 3.8) is 0 Å². The van der Waals surface area contributed by atoms with Gasteiger partial charge in [-0.1, -0.05) is 6.42 Å². The Hall–Kier alpha value is -1.83. The minimum atomic E-state index is -1.94. The van der Waals surface area contributed by atoms with Crippen LogP contribution in [0.3, 0.4) is 0 Å². The second kappa shape index (κ2) is 9.21. The maximum absolute atomic E-state index is 11.9. The molecule has 2 rings (SSSR count). The number of hydrogen-bond acceptors (Lipinski definition) is 5. The van der Waals surface area contributed by atoms with Gasteiger partial charge >= 0.3 is 18.0 Å². The van der Waals surface area contributed by atoms with E-state index in [1.54, 1.807) is 20.8 Å². The topological polar surface area (TPSA) is 107 Å². The molecular formula is C18H32N2O6. The predicted molar refractivity (Wildman–Crippen MR) is 96.1 cm³/mol. The van der Waals surface area contributed by atoms with Gasteiger partial charge in [0.2, 0.25) is 0 Å². The van der Waals surface area contributed by atoms with Crippen LogP contribution in [0.15, 0.2) is 0 Å². The second-order valence-corrected chi connectivity index (χ2v) is 8.06. The van der Waals surface area contributed by atoms with Gasteiger partial charge in [-0.25, -0.2) is 4.79 Å². The van der Waals surface area contributed by atoms with Crippen molar-refractivity contribution in [3.05, 3.63) is 0 Å². The van der Waals surface area contributed by atoms with Crippen LogP contribution in [-0.4, -0.2) is 76.9 Å². The van der Waals surface area contributed by atoms with Crippen molar-refractivity contribution < 1.29 is 29.3 Å². The number of aliphatic carboxylic acids is 2. The number of nitrogens with zero attached hydrogens (tertiary/aromatic N) is 2. The van der Waals surface area contributed by atoms with Crippen molar-refractivity contribution in [2.75, 3.05) is 33.2 Å². The number of amides is 1. The van der Waals surface area contributed by atoms with E-state index in [4.69, 9.17) is 14.9 Å². The molecule has 0 unspecified atom stereocenters. The summed E-state index contributed by atoms with van der Waals surface area (Å²) in [5.74, 6) is -2.85. The number of carbonyl (C=O) groups excluding carboxylic acids is 1. The summed E-state index contributed by atoms with van der Waals surface area (Å²) in [6.07, 6.45) is 3.92. The quantitative estimate of drug-likeness (QED) is 0.716. The Labute approximate surface area is 155 Å². The summed E-state index contributed by atoms with van der Waals surface area (Å²) in [5, 5.41) is 18.3. The fraction of sp³-hybridized carbons (Fsp3) is 0.833. The van der Waals surface area contributed by atoms with Crippen LogP contribution in [0.1, 0.15) is 52.9 Å². The molecule has 2 fully saturated rings. The molecule has 0 saturated carbocycles. The van der Waals surface area contributed by atoms with Crippen molar-refractivity contribution in [1.29, 1.82) is 0 Å². The zero-order chi connectivity index (χ0) is 20.0. The third-order valence-electron chi connectivity index (χ3n) is 4.54. The summed E-state index contributed by atoms with van der Waals surface area (Å²) in [6.45, 7) is 7.65. The van der Waals surface area contributed by atoms with Crippen LogP contribution in [0.5, 0.6) is 0 Å². The minimum Gasteiger partial charge on any atom is -0.480 e. The summed E-state index contributed by atoms with van der Waals surface area (Å²) in [6, 6.07) is 0. The lowest BCUT2D eigenvalue weighted by Gasteiger charge is -2.37. The Balaban J connectivity index is 0.000000401. The zero-order valence-electron chi connectivity index (χ0n) is 16.3. The normalized spacial score (nSPS) is 20.5. The molecule has 0 aromatic carbocycles. The van der Waals surface area contributed by atoms with Crippen molar-refractivity contribution in [2.45, 2.75) is 58.5 Å². The van der Waals surface area contributed by atoms with Crippen molar-refractivity contribution in [1.82, 2.24) is 9.80 Å². The van der Waals surface area contributed by atoms with Crippen molar-refractivity contribution in [2.24, 2.45) is 5.41 Å². The third-order valence-corrected chi connectivity index (χ3v) is 4.54. The van der Waals surface area contributed by atoms with E-state index in [0.29, 0.717) is 13.0 Å². The summed E-state index contributed by atoms with van der Waals surface area (Å²) >= 11 is 0. The maximum atomic E-state index is 11.9. The molecule has 2 aliphatic heterocycles. The number of likely N-dealkylation sites (tertiary alicyclic amines) is 2. The van der Waals surface area contributed by atoms with Crippen LogP contribution >= 0.6 is 0 Å². The highest BCUT2D eigenvalue weighted by Crippen LogP contribution is 2.31. The number of piperidine rings is 2. The SMILES string of the molecule is CC(C)(C)OC(=O)N1CCCC(C(=O)O)(C(=O)O)C1.CN1CCCCC1. The van der Waals surface area contributed by atoms with Crippen LogP contribution < -0.4 is 0 Å². The smallest absolute Gasteiger partial charge is 0.410 e. The van der Waals surface area contributed by atoms with Gasteiger partial charge in [0.15, 0.2) is 5.41 Å². The van der Waals surface area contributed by atoms with Crippen molar-refractivity contribution in [3.8, 4) is 0 Å². The van der Waals surface area contributed by atoms with E-state index < -0.39 is 29.0 Å². The molecule has 26 heavy (non-hydrogen) atoms. The van der Waals surface area contributed by atoms with Gasteiger partial charge in [0.1, 0.15) is 5.60 Å². The lowest BCUT2D eigenvalue weighted by Crippen LogP contribution is -2.54. The van der Waals surface area contributed by atoms with Gasteiger partial charge in [-0.05, 0) is 66.6 Å². The Morgan fingerprint density at radius 3 is 1.85 bits per heavy atom. The third kappa shape index (κ3) is 6.48. The highest BCUT2D eigenvalue weighted by atomic mass is 16.6. The highest BCUT2D eigenvalue weighted by molar-refractivity contribution is 5.99. The molecule has 0 aromatic heterocycles. The summed E-state index contributed by atoms with van der Waals surface area (Å²) in [5.41, 5.74) is -2.64. The molecule has 0 aliphatic carbocycles. The largest absolute Gasteiger partial charge is 0.480 e. The molecule has 8 heteroatoms. The maximum Gasteiger partial charge on any atom is 0.410 e. The first-order valence-electron chi connectivity index (χ1n) is 9.11. The van der Waals surface area contributed by atoms with E-state index in [0.717, 1.165) is 4.90 Å². The fourth-order valence-corrected chi connectivity index (χ4v) is 3.03. The molecular weight excluding hydrogens is 340 g/mol. The van der Waals surface area contributed by atoms with E-state index in [1.165, 1.54) is 32.4 Å². The summed E-state index contributed by atoms with van der Waals surface area (Å²) in [7, 11) is 2.19. The van der Waals surface area contributed by atoms with Gasteiger partial charge in [0.05, 0.1) is 6.54 Å². The van der Waals surface area contributed by atoms with E-state index in [1.807, 2.05) is 0 Å². The Morgan fingerprint density at radius 2 is 1.46 bits per heavy atom. The molecule has 2 saturated heterocycles. The van der Waals surface area contributed by atoms with E-state index >= 15 is 0 Å². The van der Waals surface area contributed by atoms with E-state index in [9.17, 15) is 14.4 Å². The molecule has 2 heterocycles. The molecule has 0 aromatic rings. The number of ether oxygens (including phenoxy) is 1. The first kappa shape index (κ1) is 22.2. The van der Waals surface area contributed by atoms with Crippen LogP contribution in [0, 0.1) is 5.41 Å². The first-order valence-corrected chi connectivity index (χ1v) is 9.11. The van der Waals surface area contributed by atoms with E-state index in [2.05, 4.69) is 11.9 Å². The van der Waals surface area contributed by atoms with Crippen LogP contribution in [0.4, 0.5) is 4.79 Å². The average molecular weight is 372 g/mol. The van der Waals surface area contributed by atoms with Crippen LogP contribution in [0.2, 0.25) is 0 Å². The first-order chi connectivity index (χ1) is 12.0. The molecule has 1 amide bonds. The van der Waals surface area contributed by atoms with Gasteiger partial charge in [-0.3, -0.25) is 9.59 Å². The molecule has 0 atom stereocenters. The standard InChI is InChI=1S/C12H19NO6.C6H13N/c1-11(2,3)19-10(18)13-6-4-5-12(7-13,8(14)15)9(16)17;1-7-5-3-2-4-6-7/h4-7H2,1-3H3,(H,14,15)(H,16,17);2-6H2,1H3. The highest BCUT2D eigenvalue weighted by Gasteiger charge is 2.51. The molecule has 8 nitrogen and oxygen atoms in total. The molecule has 0 radical (unpaired) electrons. The van der Waals surface area contributed by atoms with Crippen molar-refractivity contribution >= 4 is 18.0 Å². The molecule has 0 spiro atoms. The molecule has 2 aliphatic rings. The van der Waals surface area contributed by atoms with Crippen LogP contribution in [-0.2, 0) is 14.3 Å². The van der Waals surface area contributed by atoms with Gasteiger partial charge in [0, 0.05) is 6.54 Å². The lowest BCUT2D eigenvalue weighted by molar-refractivity contribution is -0.168. The fourth-order valence-electron chi connectivity index (χ4n) is 3.03. The molecule has 0 bridgehead atoms. The van der Waals surface area contributed by atoms with E-state index in [-0.39, 0.29) is 13.0 Å². The Kier molecular flexibility index (Phi) is 7.87. The monoisotopic (exact) mass is 372 g/mol. The van der Waals surface area contributed by atoms with Gasteiger partial charge in [-0.15, -0.1) is 0 Å². The lowest BCUT2D eigenvalue weighted by atomic mass is 9.80. The summed E-state index contributed by atoms with van der Waals surface area (Å²) in [4.78, 5) is 37.8. The molecule has 2 N–H and O–H groups in total.